The maximum absolute atomic E-state index is 13.3. The molecule has 2 aliphatic rings. The lowest BCUT2D eigenvalue weighted by molar-refractivity contribution is -0.114. The smallest absolute Gasteiger partial charge is 0.283 e. The lowest BCUT2D eigenvalue weighted by Crippen LogP contribution is -2.35. The fourth-order valence-electron chi connectivity index (χ4n) is 3.42. The van der Waals surface area contributed by atoms with E-state index in [2.05, 4.69) is 17.0 Å². The standard InChI is InChI=1S/C21H20FN5OS/c1-4-5-18-25-27-19(23)17(20(28)24-21(27)29-18)11-14-10-12(2)26(13(14)3)16-8-6-15(22)7-9-16/h6-11,23H,4-5H2,1-3H3/b17-11+,23-19?. The fraction of sp³-hybridized carbons (Fsp3) is 0.238. The van der Waals surface area contributed by atoms with E-state index in [0.717, 1.165) is 40.5 Å². The summed E-state index contributed by atoms with van der Waals surface area (Å²) in [5, 5.41) is 15.6. The molecule has 6 nitrogen and oxygen atoms in total. The zero-order valence-corrected chi connectivity index (χ0v) is 17.2. The van der Waals surface area contributed by atoms with Gasteiger partial charge in [0.1, 0.15) is 10.9 Å². The summed E-state index contributed by atoms with van der Waals surface area (Å²) in [6.07, 6.45) is 3.41. The average molecular weight is 409 g/mol. The minimum atomic E-state index is -0.437. The first-order valence-corrected chi connectivity index (χ1v) is 10.1. The molecule has 1 amide bonds. The van der Waals surface area contributed by atoms with Crippen LogP contribution >= 0.6 is 11.8 Å². The molecule has 2 aliphatic heterocycles. The number of nitrogens with zero attached hydrogens (tertiary/aromatic N) is 4. The van der Waals surface area contributed by atoms with Crippen molar-refractivity contribution in [2.24, 2.45) is 10.1 Å². The lowest BCUT2D eigenvalue weighted by Gasteiger charge is -2.20. The van der Waals surface area contributed by atoms with Crippen LogP contribution in [0.5, 0.6) is 0 Å². The second-order valence-corrected chi connectivity index (χ2v) is 7.94. The van der Waals surface area contributed by atoms with Crippen LogP contribution in [0.25, 0.3) is 11.8 Å². The van der Waals surface area contributed by atoms with Gasteiger partial charge < -0.3 is 4.57 Å². The van der Waals surface area contributed by atoms with Crippen molar-refractivity contribution in [3.05, 3.63) is 58.7 Å². The van der Waals surface area contributed by atoms with Crippen molar-refractivity contribution in [2.45, 2.75) is 33.6 Å². The predicted molar refractivity (Wildman–Crippen MR) is 115 cm³/mol. The van der Waals surface area contributed by atoms with Gasteiger partial charge in [0.05, 0.1) is 5.57 Å². The van der Waals surface area contributed by atoms with E-state index in [9.17, 15) is 9.18 Å². The second-order valence-electron chi connectivity index (χ2n) is 6.90. The summed E-state index contributed by atoms with van der Waals surface area (Å²) < 4.78 is 15.3. The van der Waals surface area contributed by atoms with Gasteiger partial charge in [0.15, 0.2) is 5.84 Å². The van der Waals surface area contributed by atoms with E-state index in [4.69, 9.17) is 5.41 Å². The summed E-state index contributed by atoms with van der Waals surface area (Å²) in [7, 11) is 0. The van der Waals surface area contributed by atoms with Crippen LogP contribution < -0.4 is 0 Å². The Hall–Kier alpha value is -3.00. The van der Waals surface area contributed by atoms with Crippen LogP contribution in [0.2, 0.25) is 0 Å². The molecule has 148 valence electrons. The number of hydrazone groups is 1. The molecule has 0 radical (unpaired) electrons. The Morgan fingerprint density at radius 3 is 2.66 bits per heavy atom. The molecule has 0 fully saturated rings. The minimum absolute atomic E-state index is 0.0326. The molecule has 0 saturated carbocycles. The Morgan fingerprint density at radius 1 is 1.24 bits per heavy atom. The van der Waals surface area contributed by atoms with Gasteiger partial charge in [0.25, 0.3) is 5.91 Å². The van der Waals surface area contributed by atoms with Crippen LogP contribution in [0.3, 0.4) is 0 Å². The maximum atomic E-state index is 13.3. The lowest BCUT2D eigenvalue weighted by atomic mass is 10.1. The molecule has 8 heteroatoms. The number of carbonyl (C=O) groups excluding carboxylic acids is 1. The van der Waals surface area contributed by atoms with Gasteiger partial charge in [-0.1, -0.05) is 6.92 Å². The Balaban J connectivity index is 1.72. The molecule has 2 aromatic rings. The number of hydrogen-bond acceptors (Lipinski definition) is 4. The van der Waals surface area contributed by atoms with Crippen molar-refractivity contribution in [1.82, 2.24) is 9.58 Å². The maximum Gasteiger partial charge on any atom is 0.283 e. The highest BCUT2D eigenvalue weighted by atomic mass is 32.2. The number of amides is 1. The quantitative estimate of drug-likeness (QED) is 0.747. The van der Waals surface area contributed by atoms with Gasteiger partial charge in [-0.15, -0.1) is 0 Å². The predicted octanol–water partition coefficient (Wildman–Crippen LogP) is 4.65. The molecule has 0 saturated heterocycles. The molecule has 1 aromatic carbocycles. The first kappa shape index (κ1) is 19.3. The van der Waals surface area contributed by atoms with Crippen molar-refractivity contribution >= 4 is 39.8 Å². The zero-order valence-electron chi connectivity index (χ0n) is 16.4. The summed E-state index contributed by atoms with van der Waals surface area (Å²) >= 11 is 1.35. The minimum Gasteiger partial charge on any atom is -0.318 e. The van der Waals surface area contributed by atoms with Crippen molar-refractivity contribution in [2.75, 3.05) is 0 Å². The Kier molecular flexibility index (Phi) is 4.96. The van der Waals surface area contributed by atoms with E-state index >= 15 is 0 Å². The number of hydrogen-bond donors (Lipinski definition) is 1. The number of halogens is 1. The zero-order chi connectivity index (χ0) is 20.7. The second kappa shape index (κ2) is 7.44. The van der Waals surface area contributed by atoms with Gasteiger partial charge >= 0.3 is 0 Å². The van der Waals surface area contributed by atoms with Crippen LogP contribution in [0, 0.1) is 25.1 Å². The number of aryl methyl sites for hydroxylation is 1. The summed E-state index contributed by atoms with van der Waals surface area (Å²) in [6.45, 7) is 5.93. The SMILES string of the molecule is CCCC1=NN2C(=N)/C(=C\c3cc(C)n(-c4ccc(F)cc4)c3C)C(=O)N=C2S1. The molecule has 0 atom stereocenters. The van der Waals surface area contributed by atoms with Crippen molar-refractivity contribution in [3.63, 3.8) is 0 Å². The van der Waals surface area contributed by atoms with E-state index in [1.165, 1.54) is 28.9 Å². The number of nitrogens with one attached hydrogen (secondary N) is 1. The van der Waals surface area contributed by atoms with E-state index in [1.54, 1.807) is 18.2 Å². The number of aromatic nitrogens is 1. The van der Waals surface area contributed by atoms with Gasteiger partial charge in [-0.25, -0.2) is 4.39 Å². The van der Waals surface area contributed by atoms with E-state index in [0.29, 0.717) is 5.17 Å². The van der Waals surface area contributed by atoms with Crippen molar-refractivity contribution in [3.8, 4) is 5.69 Å². The van der Waals surface area contributed by atoms with Crippen LogP contribution in [0.1, 0.15) is 36.7 Å². The first-order valence-electron chi connectivity index (χ1n) is 9.33. The number of thioether (sulfide) groups is 1. The van der Waals surface area contributed by atoms with Gasteiger partial charge in [-0.05, 0) is 80.4 Å². The molecule has 29 heavy (non-hydrogen) atoms. The largest absolute Gasteiger partial charge is 0.318 e. The van der Waals surface area contributed by atoms with Gasteiger partial charge in [-0.2, -0.15) is 15.1 Å². The monoisotopic (exact) mass is 409 g/mol. The number of aliphatic imine (C=N–C) groups is 1. The highest BCUT2D eigenvalue weighted by Crippen LogP contribution is 2.31. The number of benzene rings is 1. The number of carbonyl (C=O) groups is 1. The van der Waals surface area contributed by atoms with Gasteiger partial charge in [-0.3, -0.25) is 10.2 Å². The van der Waals surface area contributed by atoms with Crippen molar-refractivity contribution in [1.29, 1.82) is 5.41 Å². The van der Waals surface area contributed by atoms with E-state index < -0.39 is 5.91 Å². The molecular formula is C21H20FN5OS. The molecule has 4 rings (SSSR count). The van der Waals surface area contributed by atoms with Gasteiger partial charge in [0.2, 0.25) is 5.17 Å². The van der Waals surface area contributed by atoms with Gasteiger partial charge in [0, 0.05) is 17.1 Å². The molecule has 0 unspecified atom stereocenters. The van der Waals surface area contributed by atoms with E-state index in [1.807, 2.05) is 24.5 Å². The Morgan fingerprint density at radius 2 is 1.97 bits per heavy atom. The van der Waals surface area contributed by atoms with Crippen LogP contribution in [-0.2, 0) is 4.79 Å². The fourth-order valence-corrected chi connectivity index (χ4v) is 4.41. The highest BCUT2D eigenvalue weighted by molar-refractivity contribution is 8.26. The third-order valence-corrected chi connectivity index (χ3v) is 5.78. The topological polar surface area (TPSA) is 73.8 Å². The third-order valence-electron chi connectivity index (χ3n) is 4.82. The first-order chi connectivity index (χ1) is 13.9. The number of amidine groups is 2. The molecule has 0 bridgehead atoms. The Labute approximate surface area is 172 Å². The van der Waals surface area contributed by atoms with Crippen LogP contribution in [-0.4, -0.2) is 31.5 Å². The molecule has 0 aliphatic carbocycles. The van der Waals surface area contributed by atoms with Crippen LogP contribution in [0.4, 0.5) is 4.39 Å². The average Bonchev–Trinajstić information content (AvgIpc) is 3.20. The number of rotatable bonds is 4. The third kappa shape index (κ3) is 3.44. The normalized spacial score (nSPS) is 17.7. The molecular weight excluding hydrogens is 389 g/mol. The van der Waals surface area contributed by atoms with Crippen LogP contribution in [0.15, 0.2) is 46.0 Å². The highest BCUT2D eigenvalue weighted by Gasteiger charge is 2.35. The summed E-state index contributed by atoms with van der Waals surface area (Å²) in [6, 6.07) is 8.19. The molecule has 1 N–H and O–H groups in total. The molecule has 3 heterocycles. The molecule has 0 spiro atoms. The summed E-state index contributed by atoms with van der Waals surface area (Å²) in [4.78, 5) is 16.7. The Bertz CT molecular complexity index is 1110. The van der Waals surface area contributed by atoms with Crippen molar-refractivity contribution < 1.29 is 9.18 Å². The summed E-state index contributed by atoms with van der Waals surface area (Å²) in [5.74, 6) is -0.696. The summed E-state index contributed by atoms with van der Waals surface area (Å²) in [5.41, 5.74) is 3.68. The van der Waals surface area contributed by atoms with E-state index in [-0.39, 0.29) is 17.2 Å². The molecule has 1 aromatic heterocycles. The number of fused-ring (bicyclic) bond motifs is 1.